The van der Waals surface area contributed by atoms with Crippen molar-refractivity contribution < 1.29 is 14.7 Å². The molecule has 3 N–H and O–H groups in total. The Morgan fingerprint density at radius 3 is 2.50 bits per heavy atom. The monoisotopic (exact) mass is 279 g/mol. The molecule has 6 nitrogen and oxygen atoms in total. The smallest absolute Gasteiger partial charge is 0.326 e. The van der Waals surface area contributed by atoms with Gasteiger partial charge in [0.1, 0.15) is 6.04 Å². The molecule has 0 aromatic carbocycles. The topological polar surface area (TPSA) is 91.3 Å². The van der Waals surface area contributed by atoms with Gasteiger partial charge in [-0.05, 0) is 36.5 Å². The van der Waals surface area contributed by atoms with Crippen LogP contribution in [0.5, 0.6) is 0 Å². The van der Waals surface area contributed by atoms with E-state index in [1.165, 1.54) is 0 Å². The van der Waals surface area contributed by atoms with Crippen molar-refractivity contribution in [3.63, 3.8) is 0 Å². The molecule has 0 aliphatic heterocycles. The Labute approximate surface area is 118 Å². The lowest BCUT2D eigenvalue weighted by atomic mass is 10.0. The van der Waals surface area contributed by atoms with E-state index in [1.54, 1.807) is 12.4 Å². The molecule has 0 fully saturated rings. The minimum Gasteiger partial charge on any atom is -0.480 e. The van der Waals surface area contributed by atoms with Crippen molar-refractivity contribution in [2.45, 2.75) is 32.7 Å². The van der Waals surface area contributed by atoms with Gasteiger partial charge in [0.2, 0.25) is 0 Å². The number of aromatic nitrogens is 1. The second-order valence-electron chi connectivity index (χ2n) is 5.03. The first kappa shape index (κ1) is 15.9. The van der Waals surface area contributed by atoms with E-state index >= 15 is 0 Å². The number of urea groups is 1. The SMILES string of the molecule is CC(C)C[C@H](NC(=O)NCCc1ccncc1)C(=O)O. The third kappa shape index (κ3) is 6.17. The van der Waals surface area contributed by atoms with E-state index in [1.807, 2.05) is 26.0 Å². The van der Waals surface area contributed by atoms with Gasteiger partial charge < -0.3 is 15.7 Å². The zero-order chi connectivity index (χ0) is 15.0. The summed E-state index contributed by atoms with van der Waals surface area (Å²) in [5.74, 6) is -0.809. The van der Waals surface area contributed by atoms with Crippen molar-refractivity contribution in [2.24, 2.45) is 5.92 Å². The van der Waals surface area contributed by atoms with Crippen LogP contribution < -0.4 is 10.6 Å². The van der Waals surface area contributed by atoms with Gasteiger partial charge in [-0.2, -0.15) is 0 Å². The predicted molar refractivity (Wildman–Crippen MR) is 75.4 cm³/mol. The van der Waals surface area contributed by atoms with Crippen molar-refractivity contribution in [3.8, 4) is 0 Å². The van der Waals surface area contributed by atoms with Gasteiger partial charge in [-0.1, -0.05) is 13.8 Å². The molecule has 6 heteroatoms. The maximum absolute atomic E-state index is 11.6. The number of hydrogen-bond acceptors (Lipinski definition) is 3. The number of carbonyl (C=O) groups is 2. The van der Waals surface area contributed by atoms with Crippen LogP contribution in [-0.2, 0) is 11.2 Å². The molecule has 20 heavy (non-hydrogen) atoms. The van der Waals surface area contributed by atoms with E-state index in [4.69, 9.17) is 5.11 Å². The Hall–Kier alpha value is -2.11. The summed E-state index contributed by atoms with van der Waals surface area (Å²) in [7, 11) is 0. The molecular weight excluding hydrogens is 258 g/mol. The minimum absolute atomic E-state index is 0.202. The highest BCUT2D eigenvalue weighted by molar-refractivity contribution is 5.82. The number of amides is 2. The summed E-state index contributed by atoms with van der Waals surface area (Å²) in [5, 5.41) is 14.2. The number of hydrogen-bond donors (Lipinski definition) is 3. The number of carbonyl (C=O) groups excluding carboxylic acids is 1. The van der Waals surface area contributed by atoms with Crippen LogP contribution in [0.1, 0.15) is 25.8 Å². The first-order valence-corrected chi connectivity index (χ1v) is 6.65. The van der Waals surface area contributed by atoms with Crippen LogP contribution in [0.4, 0.5) is 4.79 Å². The molecule has 0 saturated heterocycles. The lowest BCUT2D eigenvalue weighted by Crippen LogP contribution is -2.47. The Kier molecular flexibility index (Phi) is 6.49. The lowest BCUT2D eigenvalue weighted by Gasteiger charge is -2.16. The summed E-state index contributed by atoms with van der Waals surface area (Å²) < 4.78 is 0. The second-order valence-corrected chi connectivity index (χ2v) is 5.03. The second kappa shape index (κ2) is 8.14. The van der Waals surface area contributed by atoms with Gasteiger partial charge in [-0.3, -0.25) is 4.98 Å². The van der Waals surface area contributed by atoms with Crippen LogP contribution >= 0.6 is 0 Å². The molecule has 0 bridgehead atoms. The first-order valence-electron chi connectivity index (χ1n) is 6.65. The third-order valence-electron chi connectivity index (χ3n) is 2.76. The summed E-state index contributed by atoms with van der Waals surface area (Å²) in [4.78, 5) is 26.6. The number of nitrogens with zero attached hydrogens (tertiary/aromatic N) is 1. The van der Waals surface area contributed by atoms with E-state index < -0.39 is 18.0 Å². The number of aliphatic carboxylic acids is 1. The molecule has 0 spiro atoms. The van der Waals surface area contributed by atoms with Gasteiger partial charge in [0.25, 0.3) is 0 Å². The number of nitrogens with one attached hydrogen (secondary N) is 2. The summed E-state index contributed by atoms with van der Waals surface area (Å²) >= 11 is 0. The van der Waals surface area contributed by atoms with Gasteiger partial charge in [0.15, 0.2) is 0 Å². The fraction of sp³-hybridized carbons (Fsp3) is 0.500. The van der Waals surface area contributed by atoms with E-state index in [0.717, 1.165) is 5.56 Å². The summed E-state index contributed by atoms with van der Waals surface area (Å²) in [5.41, 5.74) is 1.07. The quantitative estimate of drug-likeness (QED) is 0.704. The maximum Gasteiger partial charge on any atom is 0.326 e. The van der Waals surface area contributed by atoms with E-state index in [0.29, 0.717) is 19.4 Å². The van der Waals surface area contributed by atoms with Crippen LogP contribution in [0, 0.1) is 5.92 Å². The molecular formula is C14H21N3O3. The number of carboxylic acid groups (broad SMARTS) is 1. The van der Waals surface area contributed by atoms with Crippen LogP contribution in [-0.4, -0.2) is 34.7 Å². The molecule has 1 aromatic rings. The van der Waals surface area contributed by atoms with Gasteiger partial charge in [-0.15, -0.1) is 0 Å². The normalized spacial score (nSPS) is 11.9. The highest BCUT2D eigenvalue weighted by atomic mass is 16.4. The molecule has 1 heterocycles. The van der Waals surface area contributed by atoms with Crippen molar-refractivity contribution >= 4 is 12.0 Å². The van der Waals surface area contributed by atoms with Crippen LogP contribution in [0.3, 0.4) is 0 Å². The standard InChI is InChI=1S/C14H21N3O3/c1-10(2)9-12(13(18)19)17-14(20)16-8-5-11-3-6-15-7-4-11/h3-4,6-7,10,12H,5,8-9H2,1-2H3,(H,18,19)(H2,16,17,20)/t12-/m0/s1. The van der Waals surface area contributed by atoms with Gasteiger partial charge >= 0.3 is 12.0 Å². The summed E-state index contributed by atoms with van der Waals surface area (Å²) in [6.07, 6.45) is 4.47. The highest BCUT2D eigenvalue weighted by Crippen LogP contribution is 2.04. The van der Waals surface area contributed by atoms with Crippen LogP contribution in [0.15, 0.2) is 24.5 Å². The summed E-state index contributed by atoms with van der Waals surface area (Å²) in [6, 6.07) is 2.44. The van der Waals surface area contributed by atoms with Crippen molar-refractivity contribution in [1.82, 2.24) is 15.6 Å². The van der Waals surface area contributed by atoms with Gasteiger partial charge in [-0.25, -0.2) is 9.59 Å². The number of rotatable bonds is 7. The fourth-order valence-electron chi connectivity index (χ4n) is 1.77. The third-order valence-corrected chi connectivity index (χ3v) is 2.76. The van der Waals surface area contributed by atoms with Gasteiger partial charge in [0.05, 0.1) is 0 Å². The zero-order valence-electron chi connectivity index (χ0n) is 11.8. The van der Waals surface area contributed by atoms with Crippen molar-refractivity contribution in [2.75, 3.05) is 6.54 Å². The van der Waals surface area contributed by atoms with Gasteiger partial charge in [0, 0.05) is 18.9 Å². The molecule has 2 amide bonds. The predicted octanol–water partition coefficient (Wildman–Crippen LogP) is 1.42. The Balaban J connectivity index is 2.33. The highest BCUT2D eigenvalue weighted by Gasteiger charge is 2.20. The average Bonchev–Trinajstić information content (AvgIpc) is 2.38. The van der Waals surface area contributed by atoms with E-state index in [-0.39, 0.29) is 5.92 Å². The minimum atomic E-state index is -1.01. The molecule has 0 aliphatic carbocycles. The molecule has 1 aromatic heterocycles. The van der Waals surface area contributed by atoms with Crippen molar-refractivity contribution in [3.05, 3.63) is 30.1 Å². The Bertz CT molecular complexity index is 435. The molecule has 1 rings (SSSR count). The summed E-state index contributed by atoms with van der Waals surface area (Å²) in [6.45, 7) is 4.28. The largest absolute Gasteiger partial charge is 0.480 e. The van der Waals surface area contributed by atoms with E-state index in [2.05, 4.69) is 15.6 Å². The molecule has 1 atom stereocenters. The molecule has 0 saturated carbocycles. The van der Waals surface area contributed by atoms with Crippen LogP contribution in [0.2, 0.25) is 0 Å². The Morgan fingerprint density at radius 1 is 1.30 bits per heavy atom. The molecule has 110 valence electrons. The Morgan fingerprint density at radius 2 is 1.95 bits per heavy atom. The first-order chi connectivity index (χ1) is 9.49. The fourth-order valence-corrected chi connectivity index (χ4v) is 1.77. The van der Waals surface area contributed by atoms with Crippen molar-refractivity contribution in [1.29, 1.82) is 0 Å². The molecule has 0 aliphatic rings. The number of pyridine rings is 1. The zero-order valence-corrected chi connectivity index (χ0v) is 11.8. The molecule has 0 radical (unpaired) electrons. The maximum atomic E-state index is 11.6. The van der Waals surface area contributed by atoms with E-state index in [9.17, 15) is 9.59 Å². The van der Waals surface area contributed by atoms with Crippen LogP contribution in [0.25, 0.3) is 0 Å². The molecule has 0 unspecified atom stereocenters. The average molecular weight is 279 g/mol. The number of carboxylic acids is 1. The lowest BCUT2D eigenvalue weighted by molar-refractivity contribution is -0.139.